The molecule has 3 amide bonds. The van der Waals surface area contributed by atoms with E-state index < -0.39 is 23.7 Å². The molecule has 1 aliphatic rings. The highest BCUT2D eigenvalue weighted by atomic mass is 32.1. The quantitative estimate of drug-likeness (QED) is 0.219. The van der Waals surface area contributed by atoms with Crippen molar-refractivity contribution in [2.75, 3.05) is 26.1 Å². The number of carbonyl (C=O) groups excluding carboxylic acids is 4. The molecule has 0 aliphatic heterocycles. The molecule has 1 aromatic heterocycles. The molecule has 34 heavy (non-hydrogen) atoms. The van der Waals surface area contributed by atoms with E-state index in [2.05, 4.69) is 15.8 Å². The predicted molar refractivity (Wildman–Crippen MR) is 124 cm³/mol. The summed E-state index contributed by atoms with van der Waals surface area (Å²) in [5.41, 5.74) is 8.91. The molecule has 1 heterocycles. The molecule has 1 aromatic carbocycles. The van der Waals surface area contributed by atoms with Crippen LogP contribution < -0.4 is 25.9 Å². The number of methoxy groups -OCH3 is 2. The lowest BCUT2D eigenvalue weighted by molar-refractivity contribution is -0.136. The van der Waals surface area contributed by atoms with Crippen molar-refractivity contribution in [1.82, 2.24) is 5.43 Å². The van der Waals surface area contributed by atoms with Gasteiger partial charge in [-0.2, -0.15) is 5.10 Å². The zero-order valence-corrected chi connectivity index (χ0v) is 19.5. The van der Waals surface area contributed by atoms with Gasteiger partial charge < -0.3 is 25.3 Å². The molecule has 180 valence electrons. The van der Waals surface area contributed by atoms with E-state index in [1.807, 2.05) is 0 Å². The first kappa shape index (κ1) is 24.7. The molecule has 0 saturated carbocycles. The van der Waals surface area contributed by atoms with Crippen LogP contribution in [0.3, 0.4) is 0 Å². The number of primary amides is 1. The van der Waals surface area contributed by atoms with Crippen LogP contribution in [0.2, 0.25) is 0 Å². The molecule has 0 fully saturated rings. The summed E-state index contributed by atoms with van der Waals surface area (Å²) in [5, 5.41) is 6.57. The minimum Gasteiger partial charge on any atom is -0.493 e. The number of carbonyl (C=O) groups is 4. The number of aryl methyl sites for hydroxylation is 1. The first-order valence-electron chi connectivity index (χ1n) is 10.3. The number of amides is 3. The van der Waals surface area contributed by atoms with Gasteiger partial charge >= 0.3 is 17.8 Å². The van der Waals surface area contributed by atoms with Crippen molar-refractivity contribution in [3.8, 4) is 11.5 Å². The van der Waals surface area contributed by atoms with Crippen molar-refractivity contribution >= 4 is 46.2 Å². The molecule has 0 saturated heterocycles. The summed E-state index contributed by atoms with van der Waals surface area (Å²) in [4.78, 5) is 48.8. The van der Waals surface area contributed by atoms with Crippen molar-refractivity contribution in [3.63, 3.8) is 0 Å². The van der Waals surface area contributed by atoms with Crippen molar-refractivity contribution in [1.29, 1.82) is 0 Å². The zero-order chi connectivity index (χ0) is 24.7. The normalized spacial score (nSPS) is 12.5. The Hall–Kier alpha value is -3.93. The number of esters is 1. The number of ether oxygens (including phenoxy) is 3. The van der Waals surface area contributed by atoms with Gasteiger partial charge in [-0.05, 0) is 55.0 Å². The number of thiophene rings is 1. The standard InChI is InChI=1S/C22H24N4O7S/c1-31-15-9-12(7-8-14(15)33-11-17(23)27)10-24-26-20(29)19(28)25-21-18(22(30)32-2)13-5-3-4-6-16(13)34-21/h7-10H,3-6,11H2,1-2H3,(H2,23,27)(H,25,28)(H,26,29)/b24-10+. The average molecular weight is 489 g/mol. The summed E-state index contributed by atoms with van der Waals surface area (Å²) in [6, 6.07) is 4.71. The fourth-order valence-electron chi connectivity index (χ4n) is 3.38. The van der Waals surface area contributed by atoms with Crippen molar-refractivity contribution in [2.24, 2.45) is 10.8 Å². The molecule has 2 aromatic rings. The molecule has 4 N–H and O–H groups in total. The highest BCUT2D eigenvalue weighted by molar-refractivity contribution is 7.17. The second kappa shape index (κ2) is 11.3. The van der Waals surface area contributed by atoms with Crippen molar-refractivity contribution in [2.45, 2.75) is 25.7 Å². The van der Waals surface area contributed by atoms with Gasteiger partial charge in [-0.15, -0.1) is 11.3 Å². The highest BCUT2D eigenvalue weighted by Crippen LogP contribution is 2.38. The van der Waals surface area contributed by atoms with E-state index in [0.717, 1.165) is 36.1 Å². The first-order valence-corrected chi connectivity index (χ1v) is 11.1. The molecule has 12 heteroatoms. The number of anilines is 1. The Balaban J connectivity index is 1.64. The molecular formula is C22H24N4O7S. The smallest absolute Gasteiger partial charge is 0.341 e. The van der Waals surface area contributed by atoms with Gasteiger partial charge in [0.1, 0.15) is 5.00 Å². The molecule has 0 radical (unpaired) electrons. The third-order valence-electron chi connectivity index (χ3n) is 4.93. The number of hydrazone groups is 1. The number of benzene rings is 1. The van der Waals surface area contributed by atoms with Crippen LogP contribution in [0.5, 0.6) is 11.5 Å². The Morgan fingerprint density at radius 2 is 1.88 bits per heavy atom. The van der Waals surface area contributed by atoms with Gasteiger partial charge in [0, 0.05) is 4.88 Å². The monoisotopic (exact) mass is 488 g/mol. The van der Waals surface area contributed by atoms with Crippen LogP contribution in [0.1, 0.15) is 39.2 Å². The second-order valence-corrected chi connectivity index (χ2v) is 8.33. The number of fused-ring (bicyclic) bond motifs is 1. The Kier molecular flexibility index (Phi) is 8.19. The van der Waals surface area contributed by atoms with Crippen molar-refractivity contribution in [3.05, 3.63) is 39.8 Å². The molecule has 0 unspecified atom stereocenters. The lowest BCUT2D eigenvalue weighted by Gasteiger charge is -2.11. The molecule has 0 atom stereocenters. The van der Waals surface area contributed by atoms with Crippen LogP contribution in [0.25, 0.3) is 0 Å². The average Bonchev–Trinajstić information content (AvgIpc) is 3.20. The van der Waals surface area contributed by atoms with Gasteiger partial charge in [0.05, 0.1) is 26.0 Å². The van der Waals surface area contributed by atoms with Crippen LogP contribution >= 0.6 is 11.3 Å². The van der Waals surface area contributed by atoms with Gasteiger partial charge in [0.2, 0.25) is 0 Å². The van der Waals surface area contributed by atoms with Crippen molar-refractivity contribution < 1.29 is 33.4 Å². The Bertz CT molecular complexity index is 1140. The van der Waals surface area contributed by atoms with Gasteiger partial charge in [-0.3, -0.25) is 14.4 Å². The van der Waals surface area contributed by atoms with Crippen LogP contribution in [0.4, 0.5) is 5.00 Å². The zero-order valence-electron chi connectivity index (χ0n) is 18.6. The topological polar surface area (TPSA) is 158 Å². The summed E-state index contributed by atoms with van der Waals surface area (Å²) >= 11 is 1.28. The summed E-state index contributed by atoms with van der Waals surface area (Å²) in [6.07, 6.45) is 4.78. The van der Waals surface area contributed by atoms with Crippen LogP contribution in [0.15, 0.2) is 23.3 Å². The fraction of sp³-hybridized carbons (Fsp3) is 0.318. The number of rotatable bonds is 8. The summed E-state index contributed by atoms with van der Waals surface area (Å²) in [7, 11) is 2.69. The second-order valence-electron chi connectivity index (χ2n) is 7.23. The lowest BCUT2D eigenvalue weighted by atomic mass is 9.95. The summed E-state index contributed by atoms with van der Waals surface area (Å²) in [6.45, 7) is -0.306. The third kappa shape index (κ3) is 5.90. The molecule has 0 spiro atoms. The number of hydrogen-bond acceptors (Lipinski definition) is 9. The first-order chi connectivity index (χ1) is 16.3. The van der Waals surface area contributed by atoms with Crippen LogP contribution in [-0.2, 0) is 32.0 Å². The Morgan fingerprint density at radius 3 is 2.59 bits per heavy atom. The maximum atomic E-state index is 12.4. The summed E-state index contributed by atoms with van der Waals surface area (Å²) in [5.74, 6) is -2.52. The van der Waals surface area contributed by atoms with E-state index in [9.17, 15) is 19.2 Å². The number of nitrogens with one attached hydrogen (secondary N) is 2. The number of nitrogens with two attached hydrogens (primary N) is 1. The Labute approximate surface area is 199 Å². The molecular weight excluding hydrogens is 464 g/mol. The van der Waals surface area contributed by atoms with E-state index >= 15 is 0 Å². The third-order valence-corrected chi connectivity index (χ3v) is 6.14. The minimum absolute atomic E-state index is 0.291. The van der Waals surface area contributed by atoms with Crippen LogP contribution in [-0.4, -0.2) is 50.7 Å². The summed E-state index contributed by atoms with van der Waals surface area (Å²) < 4.78 is 15.3. The van der Waals surface area contributed by atoms with Crippen LogP contribution in [0, 0.1) is 0 Å². The number of hydrogen-bond donors (Lipinski definition) is 3. The largest absolute Gasteiger partial charge is 0.493 e. The maximum Gasteiger partial charge on any atom is 0.341 e. The van der Waals surface area contributed by atoms with Gasteiger partial charge in [0.25, 0.3) is 5.91 Å². The Morgan fingerprint density at radius 1 is 1.12 bits per heavy atom. The molecule has 11 nitrogen and oxygen atoms in total. The van der Waals surface area contributed by atoms with Gasteiger partial charge in [0.15, 0.2) is 18.1 Å². The predicted octanol–water partition coefficient (Wildman–Crippen LogP) is 1.37. The van der Waals surface area contributed by atoms with E-state index in [4.69, 9.17) is 19.9 Å². The maximum absolute atomic E-state index is 12.4. The van der Waals surface area contributed by atoms with Gasteiger partial charge in [-0.25, -0.2) is 10.2 Å². The molecule has 1 aliphatic carbocycles. The molecule has 0 bridgehead atoms. The lowest BCUT2D eigenvalue weighted by Crippen LogP contribution is -2.32. The van der Waals surface area contributed by atoms with E-state index in [0.29, 0.717) is 27.6 Å². The highest BCUT2D eigenvalue weighted by Gasteiger charge is 2.28. The number of nitrogens with zero attached hydrogens (tertiary/aromatic N) is 1. The SMILES string of the molecule is COC(=O)c1c(NC(=O)C(=O)N/N=C/c2ccc(OCC(N)=O)c(OC)c2)sc2c1CCCC2. The minimum atomic E-state index is -1.01. The fourth-order valence-corrected chi connectivity index (χ4v) is 4.65. The van der Waals surface area contributed by atoms with E-state index in [1.165, 1.54) is 31.8 Å². The van der Waals surface area contributed by atoms with Gasteiger partial charge in [-0.1, -0.05) is 0 Å². The van der Waals surface area contributed by atoms with E-state index in [1.54, 1.807) is 18.2 Å². The molecule has 3 rings (SSSR count). The van der Waals surface area contributed by atoms with E-state index in [-0.39, 0.29) is 6.61 Å².